The first-order valence-electron chi connectivity index (χ1n) is 7.18. The van der Waals surface area contributed by atoms with Crippen LogP contribution in [0.25, 0.3) is 11.4 Å². The van der Waals surface area contributed by atoms with E-state index in [2.05, 4.69) is 20.5 Å². The molecular weight excluding hydrogens is 308 g/mol. The van der Waals surface area contributed by atoms with E-state index in [0.717, 1.165) is 16.8 Å². The monoisotopic (exact) mass is 324 g/mol. The number of H-pyrrole nitrogens is 1. The van der Waals surface area contributed by atoms with Crippen molar-refractivity contribution in [3.63, 3.8) is 0 Å². The van der Waals surface area contributed by atoms with Crippen LogP contribution in [-0.4, -0.2) is 26.8 Å². The van der Waals surface area contributed by atoms with Crippen LogP contribution in [0.4, 0.5) is 5.69 Å². The fourth-order valence-electron chi connectivity index (χ4n) is 2.12. The molecule has 6 heteroatoms. The summed E-state index contributed by atoms with van der Waals surface area (Å²) in [5.74, 6) is 0.900. The predicted octanol–water partition coefficient (Wildman–Crippen LogP) is 3.51. The lowest BCUT2D eigenvalue weighted by atomic mass is 10.1. The molecule has 3 aromatic rings. The van der Waals surface area contributed by atoms with E-state index < -0.39 is 0 Å². The molecule has 0 bridgehead atoms. The molecule has 0 saturated carbocycles. The number of carbonyl (C=O) groups is 1. The summed E-state index contributed by atoms with van der Waals surface area (Å²) in [7, 11) is 0. The summed E-state index contributed by atoms with van der Waals surface area (Å²) >= 11 is 1.30. The average molecular weight is 324 g/mol. The Bertz CT molecular complexity index is 801. The maximum absolute atomic E-state index is 11.9. The fourth-order valence-corrected chi connectivity index (χ4v) is 2.72. The molecule has 1 amide bonds. The molecule has 0 radical (unpaired) electrons. The summed E-state index contributed by atoms with van der Waals surface area (Å²) in [6, 6.07) is 17.3. The molecule has 0 aliphatic heterocycles. The maximum atomic E-state index is 11.9. The minimum Gasteiger partial charge on any atom is -0.325 e. The minimum atomic E-state index is -0.0801. The van der Waals surface area contributed by atoms with E-state index in [4.69, 9.17) is 0 Å². The number of hydrogen-bond donors (Lipinski definition) is 2. The quantitative estimate of drug-likeness (QED) is 0.705. The second-order valence-corrected chi connectivity index (χ2v) is 5.93. The molecule has 0 atom stereocenters. The summed E-state index contributed by atoms with van der Waals surface area (Å²) in [5, 5.41) is 10.5. The number of benzene rings is 2. The Morgan fingerprint density at radius 2 is 1.87 bits per heavy atom. The highest BCUT2D eigenvalue weighted by atomic mass is 32.2. The van der Waals surface area contributed by atoms with Crippen molar-refractivity contribution >= 4 is 23.4 Å². The van der Waals surface area contributed by atoms with Crippen LogP contribution in [0.2, 0.25) is 0 Å². The molecule has 2 N–H and O–H groups in total. The van der Waals surface area contributed by atoms with Crippen molar-refractivity contribution in [2.75, 3.05) is 11.1 Å². The van der Waals surface area contributed by atoms with Crippen molar-refractivity contribution < 1.29 is 4.79 Å². The summed E-state index contributed by atoms with van der Waals surface area (Å²) < 4.78 is 0. The van der Waals surface area contributed by atoms with Gasteiger partial charge in [0.2, 0.25) is 11.1 Å². The van der Waals surface area contributed by atoms with Gasteiger partial charge in [-0.25, -0.2) is 4.98 Å². The van der Waals surface area contributed by atoms with Crippen LogP contribution in [0.1, 0.15) is 5.56 Å². The highest BCUT2D eigenvalue weighted by Crippen LogP contribution is 2.22. The zero-order valence-electron chi connectivity index (χ0n) is 12.6. The molecule has 5 nitrogen and oxygen atoms in total. The summed E-state index contributed by atoms with van der Waals surface area (Å²) in [4.78, 5) is 16.4. The first-order chi connectivity index (χ1) is 11.2. The van der Waals surface area contributed by atoms with Crippen LogP contribution in [0, 0.1) is 6.92 Å². The Morgan fingerprint density at radius 1 is 1.13 bits per heavy atom. The van der Waals surface area contributed by atoms with Crippen molar-refractivity contribution in [3.05, 3.63) is 60.2 Å². The van der Waals surface area contributed by atoms with E-state index in [1.807, 2.05) is 61.5 Å². The van der Waals surface area contributed by atoms with Gasteiger partial charge in [-0.15, -0.1) is 5.10 Å². The topological polar surface area (TPSA) is 70.7 Å². The van der Waals surface area contributed by atoms with Gasteiger partial charge >= 0.3 is 0 Å². The average Bonchev–Trinajstić information content (AvgIpc) is 3.03. The number of carbonyl (C=O) groups excluding carboxylic acids is 1. The summed E-state index contributed by atoms with van der Waals surface area (Å²) in [5.41, 5.74) is 2.93. The Kier molecular flexibility index (Phi) is 4.73. The maximum Gasteiger partial charge on any atom is 0.234 e. The number of aryl methyl sites for hydroxylation is 1. The highest BCUT2D eigenvalue weighted by Gasteiger charge is 2.10. The Balaban J connectivity index is 1.59. The third-order valence-electron chi connectivity index (χ3n) is 3.25. The van der Waals surface area contributed by atoms with Gasteiger partial charge in [-0.3, -0.25) is 9.89 Å². The normalized spacial score (nSPS) is 10.5. The predicted molar refractivity (Wildman–Crippen MR) is 92.4 cm³/mol. The van der Waals surface area contributed by atoms with E-state index in [0.29, 0.717) is 11.0 Å². The molecule has 0 aliphatic carbocycles. The zero-order chi connectivity index (χ0) is 16.1. The number of rotatable bonds is 5. The minimum absolute atomic E-state index is 0.0801. The summed E-state index contributed by atoms with van der Waals surface area (Å²) in [6.45, 7) is 2.03. The molecule has 0 aliphatic rings. The van der Waals surface area contributed by atoms with Crippen molar-refractivity contribution in [1.82, 2.24) is 15.2 Å². The van der Waals surface area contributed by atoms with E-state index >= 15 is 0 Å². The molecule has 23 heavy (non-hydrogen) atoms. The number of nitrogens with zero attached hydrogens (tertiary/aromatic N) is 2. The van der Waals surface area contributed by atoms with Gasteiger partial charge in [-0.1, -0.05) is 54.2 Å². The number of amides is 1. The number of aromatic amines is 1. The van der Waals surface area contributed by atoms with Crippen LogP contribution in [0.15, 0.2) is 59.8 Å². The second-order valence-electron chi connectivity index (χ2n) is 4.98. The van der Waals surface area contributed by atoms with Gasteiger partial charge in [0.25, 0.3) is 0 Å². The number of para-hydroxylation sites is 1. The molecule has 0 spiro atoms. The van der Waals surface area contributed by atoms with E-state index in [-0.39, 0.29) is 11.7 Å². The molecule has 1 heterocycles. The van der Waals surface area contributed by atoms with Crippen LogP contribution in [-0.2, 0) is 4.79 Å². The number of nitrogens with one attached hydrogen (secondary N) is 2. The number of anilines is 1. The standard InChI is InChI=1S/C17H16N4OS/c1-12-7-5-6-10-14(12)16-19-17(21-20-16)23-11-15(22)18-13-8-3-2-4-9-13/h2-10H,11H2,1H3,(H,18,22)(H,19,20,21). The van der Waals surface area contributed by atoms with Crippen LogP contribution < -0.4 is 5.32 Å². The van der Waals surface area contributed by atoms with Gasteiger partial charge < -0.3 is 5.32 Å². The third kappa shape index (κ3) is 3.98. The lowest BCUT2D eigenvalue weighted by molar-refractivity contribution is -0.113. The lowest BCUT2D eigenvalue weighted by Gasteiger charge is -2.03. The van der Waals surface area contributed by atoms with E-state index in [1.54, 1.807) is 0 Å². The Labute approximate surface area is 138 Å². The van der Waals surface area contributed by atoms with Crippen LogP contribution in [0.5, 0.6) is 0 Å². The number of aromatic nitrogens is 3. The molecule has 116 valence electrons. The Morgan fingerprint density at radius 3 is 2.65 bits per heavy atom. The van der Waals surface area contributed by atoms with Crippen molar-refractivity contribution in [2.24, 2.45) is 0 Å². The smallest absolute Gasteiger partial charge is 0.234 e. The zero-order valence-corrected chi connectivity index (χ0v) is 13.4. The van der Waals surface area contributed by atoms with Crippen molar-refractivity contribution in [3.8, 4) is 11.4 Å². The molecule has 2 aromatic carbocycles. The van der Waals surface area contributed by atoms with Gasteiger partial charge in [-0.2, -0.15) is 0 Å². The first-order valence-corrected chi connectivity index (χ1v) is 8.17. The van der Waals surface area contributed by atoms with E-state index in [1.165, 1.54) is 11.8 Å². The molecular formula is C17H16N4OS. The fraction of sp³-hybridized carbons (Fsp3) is 0.118. The highest BCUT2D eigenvalue weighted by molar-refractivity contribution is 7.99. The van der Waals surface area contributed by atoms with Gasteiger partial charge in [0, 0.05) is 11.3 Å². The van der Waals surface area contributed by atoms with Gasteiger partial charge in [0.15, 0.2) is 5.82 Å². The first kappa shape index (κ1) is 15.3. The van der Waals surface area contributed by atoms with E-state index in [9.17, 15) is 4.79 Å². The largest absolute Gasteiger partial charge is 0.325 e. The van der Waals surface area contributed by atoms with Crippen LogP contribution >= 0.6 is 11.8 Å². The molecule has 0 unspecified atom stereocenters. The number of hydrogen-bond acceptors (Lipinski definition) is 4. The number of thioether (sulfide) groups is 1. The summed E-state index contributed by atoms with van der Waals surface area (Å²) in [6.07, 6.45) is 0. The lowest BCUT2D eigenvalue weighted by Crippen LogP contribution is -2.13. The molecule has 0 saturated heterocycles. The van der Waals surface area contributed by atoms with Gasteiger partial charge in [0.1, 0.15) is 0 Å². The second kappa shape index (κ2) is 7.11. The Hall–Kier alpha value is -2.60. The van der Waals surface area contributed by atoms with Gasteiger partial charge in [-0.05, 0) is 24.6 Å². The molecule has 3 rings (SSSR count). The van der Waals surface area contributed by atoms with Gasteiger partial charge in [0.05, 0.1) is 5.75 Å². The SMILES string of the molecule is Cc1ccccc1-c1nc(SCC(=O)Nc2ccccc2)n[nH]1. The molecule has 0 fully saturated rings. The molecule has 1 aromatic heterocycles. The third-order valence-corrected chi connectivity index (χ3v) is 4.10. The van der Waals surface area contributed by atoms with Crippen LogP contribution in [0.3, 0.4) is 0 Å². The van der Waals surface area contributed by atoms with Crippen molar-refractivity contribution in [2.45, 2.75) is 12.1 Å². The van der Waals surface area contributed by atoms with Crippen molar-refractivity contribution in [1.29, 1.82) is 0 Å².